The van der Waals surface area contributed by atoms with E-state index in [9.17, 15) is 5.11 Å². The molecule has 0 aliphatic heterocycles. The molecule has 3 heteroatoms. The van der Waals surface area contributed by atoms with Gasteiger partial charge in [0.2, 0.25) is 0 Å². The van der Waals surface area contributed by atoms with E-state index in [1.807, 2.05) is 36.4 Å². The van der Waals surface area contributed by atoms with Crippen molar-refractivity contribution in [2.75, 3.05) is 6.61 Å². The van der Waals surface area contributed by atoms with Gasteiger partial charge in [0.25, 0.3) is 0 Å². The van der Waals surface area contributed by atoms with Crippen molar-refractivity contribution in [1.82, 2.24) is 0 Å². The van der Waals surface area contributed by atoms with Crippen molar-refractivity contribution < 1.29 is 9.84 Å². The van der Waals surface area contributed by atoms with Crippen molar-refractivity contribution in [2.45, 2.75) is 0 Å². The summed E-state index contributed by atoms with van der Waals surface area (Å²) >= 11 is 3.31. The zero-order valence-electron chi connectivity index (χ0n) is 9.77. The summed E-state index contributed by atoms with van der Waals surface area (Å²) in [5, 5.41) is 9.46. The molecule has 2 aromatic rings. The van der Waals surface area contributed by atoms with Crippen molar-refractivity contribution in [3.63, 3.8) is 0 Å². The summed E-state index contributed by atoms with van der Waals surface area (Å²) in [5.41, 5.74) is 2.11. The summed E-state index contributed by atoms with van der Waals surface area (Å²) in [6.07, 6.45) is 1.71. The van der Waals surface area contributed by atoms with E-state index in [0.29, 0.717) is 11.1 Å². The van der Waals surface area contributed by atoms with E-state index in [0.717, 1.165) is 16.9 Å². The van der Waals surface area contributed by atoms with E-state index in [2.05, 4.69) is 22.5 Å². The number of hydrogen-bond donors (Lipinski definition) is 1. The Bertz CT molecular complexity index is 547. The summed E-state index contributed by atoms with van der Waals surface area (Å²) in [7, 11) is 0. The molecule has 0 spiro atoms. The third-order valence-corrected chi connectivity index (χ3v) is 3.14. The lowest BCUT2D eigenvalue weighted by Gasteiger charge is -2.06. The Morgan fingerprint density at radius 3 is 2.39 bits per heavy atom. The molecule has 1 N–H and O–H groups in total. The van der Waals surface area contributed by atoms with Crippen molar-refractivity contribution in [3.8, 4) is 22.6 Å². The molecular formula is C15H13BrO2. The van der Waals surface area contributed by atoms with Gasteiger partial charge in [0.05, 0.1) is 4.47 Å². The van der Waals surface area contributed by atoms with Crippen molar-refractivity contribution in [2.24, 2.45) is 0 Å². The smallest absolute Gasteiger partial charge is 0.129 e. The first kappa shape index (κ1) is 12.7. The average Bonchev–Trinajstić information content (AvgIpc) is 2.40. The number of halogens is 1. The van der Waals surface area contributed by atoms with Gasteiger partial charge in [-0.15, -0.1) is 0 Å². The van der Waals surface area contributed by atoms with Gasteiger partial charge >= 0.3 is 0 Å². The summed E-state index contributed by atoms with van der Waals surface area (Å²) < 4.78 is 6.11. The normalized spacial score (nSPS) is 10.1. The van der Waals surface area contributed by atoms with Gasteiger partial charge in [0.1, 0.15) is 18.1 Å². The largest absolute Gasteiger partial charge is 0.507 e. The third kappa shape index (κ3) is 2.93. The average molecular weight is 305 g/mol. The zero-order valence-corrected chi connectivity index (χ0v) is 11.4. The van der Waals surface area contributed by atoms with Crippen molar-refractivity contribution in [1.29, 1.82) is 0 Å². The Labute approximate surface area is 115 Å². The van der Waals surface area contributed by atoms with Crippen LogP contribution in [0.25, 0.3) is 11.1 Å². The first-order valence-corrected chi connectivity index (χ1v) is 6.32. The first-order chi connectivity index (χ1) is 8.70. The lowest BCUT2D eigenvalue weighted by Crippen LogP contribution is -1.92. The number of phenols is 1. The van der Waals surface area contributed by atoms with E-state index in [4.69, 9.17) is 4.74 Å². The molecule has 0 saturated heterocycles. The number of aromatic hydroxyl groups is 1. The minimum Gasteiger partial charge on any atom is -0.507 e. The van der Waals surface area contributed by atoms with Crippen LogP contribution in [0.3, 0.4) is 0 Å². The lowest BCUT2D eigenvalue weighted by atomic mass is 10.1. The maximum Gasteiger partial charge on any atom is 0.129 e. The van der Waals surface area contributed by atoms with Gasteiger partial charge in [0.15, 0.2) is 0 Å². The van der Waals surface area contributed by atoms with Crippen molar-refractivity contribution >= 4 is 15.9 Å². The molecule has 0 radical (unpaired) electrons. The Kier molecular flexibility index (Phi) is 4.05. The maximum atomic E-state index is 9.46. The molecule has 0 atom stereocenters. The predicted molar refractivity (Wildman–Crippen MR) is 76.9 cm³/mol. The van der Waals surface area contributed by atoms with Gasteiger partial charge in [-0.1, -0.05) is 30.9 Å². The standard InChI is InChI=1S/C15H13BrO2/c1-2-9-18-13-6-3-11(4-7-13)12-5-8-15(17)14(16)10-12/h2-8,10,17H,1,9H2. The van der Waals surface area contributed by atoms with E-state index >= 15 is 0 Å². The highest BCUT2D eigenvalue weighted by Crippen LogP contribution is 2.30. The monoisotopic (exact) mass is 304 g/mol. The van der Waals surface area contributed by atoms with E-state index in [1.54, 1.807) is 12.1 Å². The molecule has 0 aromatic heterocycles. The first-order valence-electron chi connectivity index (χ1n) is 5.53. The molecular weight excluding hydrogens is 292 g/mol. The quantitative estimate of drug-likeness (QED) is 0.849. The Morgan fingerprint density at radius 1 is 1.11 bits per heavy atom. The van der Waals surface area contributed by atoms with Gasteiger partial charge in [-0.05, 0) is 51.3 Å². The number of benzene rings is 2. The summed E-state index contributed by atoms with van der Waals surface area (Å²) in [6.45, 7) is 4.11. The van der Waals surface area contributed by atoms with Crippen LogP contribution in [-0.4, -0.2) is 11.7 Å². The molecule has 0 bridgehead atoms. The van der Waals surface area contributed by atoms with Gasteiger partial charge < -0.3 is 9.84 Å². The van der Waals surface area contributed by atoms with Gasteiger partial charge in [-0.3, -0.25) is 0 Å². The van der Waals surface area contributed by atoms with Crippen LogP contribution in [0.1, 0.15) is 0 Å². The summed E-state index contributed by atoms with van der Waals surface area (Å²) in [4.78, 5) is 0. The second-order valence-corrected chi connectivity index (χ2v) is 4.64. The lowest BCUT2D eigenvalue weighted by molar-refractivity contribution is 0.363. The van der Waals surface area contributed by atoms with Crippen LogP contribution >= 0.6 is 15.9 Å². The van der Waals surface area contributed by atoms with Crippen LogP contribution in [-0.2, 0) is 0 Å². The van der Waals surface area contributed by atoms with Crippen LogP contribution in [0, 0.1) is 0 Å². The molecule has 0 heterocycles. The molecule has 0 saturated carbocycles. The summed E-state index contributed by atoms with van der Waals surface area (Å²) in [5.74, 6) is 1.06. The Hall–Kier alpha value is -1.74. The molecule has 2 nitrogen and oxygen atoms in total. The van der Waals surface area contributed by atoms with Crippen molar-refractivity contribution in [3.05, 3.63) is 59.6 Å². The van der Waals surface area contributed by atoms with E-state index < -0.39 is 0 Å². The molecule has 18 heavy (non-hydrogen) atoms. The SMILES string of the molecule is C=CCOc1ccc(-c2ccc(O)c(Br)c2)cc1. The Morgan fingerprint density at radius 2 is 1.78 bits per heavy atom. The number of hydrogen-bond acceptors (Lipinski definition) is 2. The van der Waals surface area contributed by atoms with Crippen LogP contribution in [0.4, 0.5) is 0 Å². The molecule has 0 unspecified atom stereocenters. The number of rotatable bonds is 4. The molecule has 0 amide bonds. The molecule has 0 fully saturated rings. The van der Waals surface area contributed by atoms with Crippen LogP contribution in [0.5, 0.6) is 11.5 Å². The van der Waals surface area contributed by atoms with Gasteiger partial charge in [-0.25, -0.2) is 0 Å². The fourth-order valence-electron chi connectivity index (χ4n) is 1.59. The van der Waals surface area contributed by atoms with Crippen LogP contribution < -0.4 is 4.74 Å². The number of ether oxygens (including phenoxy) is 1. The van der Waals surface area contributed by atoms with Gasteiger partial charge in [-0.2, -0.15) is 0 Å². The Balaban J connectivity index is 2.22. The second kappa shape index (κ2) is 5.74. The molecule has 92 valence electrons. The molecule has 2 rings (SSSR count). The summed E-state index contributed by atoms with van der Waals surface area (Å²) in [6, 6.07) is 13.2. The van der Waals surface area contributed by atoms with Crippen LogP contribution in [0.15, 0.2) is 59.6 Å². The van der Waals surface area contributed by atoms with E-state index in [1.165, 1.54) is 0 Å². The highest BCUT2D eigenvalue weighted by atomic mass is 79.9. The third-order valence-electron chi connectivity index (χ3n) is 2.50. The molecule has 2 aromatic carbocycles. The predicted octanol–water partition coefficient (Wildman–Crippen LogP) is 4.39. The van der Waals surface area contributed by atoms with E-state index in [-0.39, 0.29) is 5.75 Å². The van der Waals surface area contributed by atoms with Gasteiger partial charge in [0, 0.05) is 0 Å². The zero-order chi connectivity index (χ0) is 13.0. The fourth-order valence-corrected chi connectivity index (χ4v) is 1.96. The highest BCUT2D eigenvalue weighted by Gasteiger charge is 2.02. The van der Waals surface area contributed by atoms with Crippen LogP contribution in [0.2, 0.25) is 0 Å². The fraction of sp³-hybridized carbons (Fsp3) is 0.0667. The molecule has 0 aliphatic rings. The maximum absolute atomic E-state index is 9.46. The highest BCUT2D eigenvalue weighted by molar-refractivity contribution is 9.10. The minimum atomic E-state index is 0.240. The second-order valence-electron chi connectivity index (χ2n) is 3.79. The number of phenolic OH excluding ortho intramolecular Hbond substituents is 1. The minimum absolute atomic E-state index is 0.240. The topological polar surface area (TPSA) is 29.5 Å². The molecule has 0 aliphatic carbocycles.